The van der Waals surface area contributed by atoms with Gasteiger partial charge in [0.05, 0.1) is 37.6 Å². The molecule has 0 saturated carbocycles. The van der Waals surface area contributed by atoms with E-state index in [0.29, 0.717) is 32.1 Å². The van der Waals surface area contributed by atoms with Crippen molar-refractivity contribution < 1.29 is 14.2 Å². The van der Waals surface area contributed by atoms with Gasteiger partial charge in [0.15, 0.2) is 11.5 Å². The van der Waals surface area contributed by atoms with Crippen molar-refractivity contribution in [3.8, 4) is 38.9 Å². The normalized spacial score (nSPS) is 11.9. The van der Waals surface area contributed by atoms with Crippen molar-refractivity contribution in [1.82, 2.24) is 19.3 Å². The summed E-state index contributed by atoms with van der Waals surface area (Å²) in [6.45, 7) is 4.11. The third-order valence-electron chi connectivity index (χ3n) is 8.18. The molecule has 1 aliphatic rings. The highest BCUT2D eigenvalue weighted by atomic mass is 32.1. The van der Waals surface area contributed by atoms with E-state index in [0.717, 1.165) is 50.3 Å². The smallest absolute Gasteiger partial charge is 0.267 e. The Morgan fingerprint density at radius 1 is 0.780 bits per heavy atom. The van der Waals surface area contributed by atoms with Crippen LogP contribution in [-0.4, -0.2) is 39.7 Å². The number of thiophene rings is 1. The Kier molecular flexibility index (Phi) is 9.52. The molecule has 0 saturated heterocycles. The molecule has 50 heavy (non-hydrogen) atoms. The van der Waals surface area contributed by atoms with Crippen molar-refractivity contribution in [2.45, 2.75) is 20.0 Å². The number of fused-ring (bicyclic) bond motifs is 2. The highest BCUT2D eigenvalue weighted by Crippen LogP contribution is 2.31. The first-order valence-corrected chi connectivity index (χ1v) is 17.0. The second kappa shape index (κ2) is 14.6. The predicted molar refractivity (Wildman–Crippen MR) is 197 cm³/mol. The fourth-order valence-corrected chi connectivity index (χ4v) is 6.53. The van der Waals surface area contributed by atoms with Crippen LogP contribution in [0, 0.1) is 6.92 Å². The van der Waals surface area contributed by atoms with Crippen LogP contribution in [0.3, 0.4) is 0 Å². The number of nitrogens with zero attached hydrogens (tertiary/aromatic N) is 4. The maximum atomic E-state index is 12.2. The highest BCUT2D eigenvalue weighted by molar-refractivity contribution is 7.13. The second-order valence-corrected chi connectivity index (χ2v) is 12.7. The third kappa shape index (κ3) is 7.50. The van der Waals surface area contributed by atoms with E-state index in [9.17, 15) is 9.59 Å². The van der Waals surface area contributed by atoms with Crippen molar-refractivity contribution in [2.75, 3.05) is 20.3 Å². The van der Waals surface area contributed by atoms with Crippen LogP contribution in [0.15, 0.2) is 130 Å². The molecule has 0 bridgehead atoms. The lowest BCUT2D eigenvalue weighted by atomic mass is 10.1. The predicted octanol–water partition coefficient (Wildman–Crippen LogP) is 7.22. The van der Waals surface area contributed by atoms with Crippen LogP contribution < -0.4 is 25.3 Å². The third-order valence-corrected chi connectivity index (χ3v) is 9.28. The summed E-state index contributed by atoms with van der Waals surface area (Å²) in [7, 11) is 1.62. The molecule has 0 N–H and O–H groups in total. The molecule has 0 atom stereocenters. The number of pyridine rings is 2. The van der Waals surface area contributed by atoms with Crippen LogP contribution in [0.25, 0.3) is 32.6 Å². The molecular formula is C40H34N4O5S. The molecule has 7 aromatic rings. The van der Waals surface area contributed by atoms with E-state index in [-0.39, 0.29) is 11.1 Å². The van der Waals surface area contributed by atoms with Gasteiger partial charge in [-0.05, 0) is 77.5 Å². The van der Waals surface area contributed by atoms with Crippen molar-refractivity contribution in [3.63, 3.8) is 0 Å². The van der Waals surface area contributed by atoms with E-state index < -0.39 is 0 Å². The van der Waals surface area contributed by atoms with Crippen LogP contribution in [-0.2, 0) is 13.1 Å². The topological polar surface area (TPSA) is 97.5 Å². The number of methoxy groups -OCH3 is 1. The van der Waals surface area contributed by atoms with Crippen LogP contribution in [0.5, 0.6) is 17.2 Å². The lowest BCUT2D eigenvalue weighted by Gasteiger charge is -2.19. The average Bonchev–Trinajstić information content (AvgIpc) is 3.59. The molecule has 0 spiro atoms. The van der Waals surface area contributed by atoms with Gasteiger partial charge in [0.1, 0.15) is 19.0 Å². The molecule has 250 valence electrons. The summed E-state index contributed by atoms with van der Waals surface area (Å²) in [6.07, 6.45) is 3.61. The van der Waals surface area contributed by atoms with E-state index in [1.54, 1.807) is 47.4 Å². The van der Waals surface area contributed by atoms with Gasteiger partial charge in [0, 0.05) is 39.7 Å². The number of benzene rings is 3. The number of aryl methyl sites for hydroxylation is 1. The maximum Gasteiger partial charge on any atom is 0.267 e. The summed E-state index contributed by atoms with van der Waals surface area (Å²) in [5.41, 5.74) is 6.78. The highest BCUT2D eigenvalue weighted by Gasteiger charge is 2.13. The summed E-state index contributed by atoms with van der Waals surface area (Å²) in [4.78, 5) is 30.0. The molecular weight excluding hydrogens is 649 g/mol. The number of hydrogen-bond donors (Lipinski definition) is 0. The van der Waals surface area contributed by atoms with Crippen molar-refractivity contribution in [1.29, 1.82) is 0 Å². The molecule has 10 heteroatoms. The number of ether oxygens (including phenoxy) is 3. The van der Waals surface area contributed by atoms with Gasteiger partial charge in [-0.2, -0.15) is 5.10 Å². The molecule has 0 unspecified atom stereocenters. The van der Waals surface area contributed by atoms with E-state index in [2.05, 4.69) is 28.5 Å². The van der Waals surface area contributed by atoms with Gasteiger partial charge in [-0.25, -0.2) is 4.68 Å². The molecule has 8 rings (SSSR count). The molecule has 5 heterocycles. The quantitative estimate of drug-likeness (QED) is 0.175. The van der Waals surface area contributed by atoms with E-state index in [4.69, 9.17) is 14.2 Å². The fourth-order valence-electron chi connectivity index (χ4n) is 5.63. The lowest BCUT2D eigenvalue weighted by Crippen LogP contribution is -2.22. The van der Waals surface area contributed by atoms with Crippen LogP contribution >= 0.6 is 11.3 Å². The molecule has 0 radical (unpaired) electrons. The maximum absolute atomic E-state index is 12.2. The van der Waals surface area contributed by atoms with Gasteiger partial charge in [-0.3, -0.25) is 14.6 Å². The zero-order chi connectivity index (χ0) is 34.5. The minimum Gasteiger partial charge on any atom is -0.495 e. The van der Waals surface area contributed by atoms with Gasteiger partial charge >= 0.3 is 0 Å². The van der Waals surface area contributed by atoms with Crippen LogP contribution in [0.1, 0.15) is 16.7 Å². The summed E-state index contributed by atoms with van der Waals surface area (Å²) in [5, 5.41) is 7.60. The minimum atomic E-state index is -0.131. The average molecular weight is 683 g/mol. The summed E-state index contributed by atoms with van der Waals surface area (Å²) in [6, 6.07) is 32.4. The lowest BCUT2D eigenvalue weighted by molar-refractivity contribution is 0.171. The molecule has 0 aliphatic carbocycles. The fraction of sp³-hybridized carbons (Fsp3) is 0.150. The Bertz CT molecular complexity index is 2400. The number of rotatable bonds is 7. The van der Waals surface area contributed by atoms with Gasteiger partial charge in [0.2, 0.25) is 0 Å². The summed E-state index contributed by atoms with van der Waals surface area (Å²) < 4.78 is 19.6. The molecule has 9 nitrogen and oxygen atoms in total. The monoisotopic (exact) mass is 682 g/mol. The standard InChI is InChI=1S/C21H17N3O2.C19H17NO3S/c1-26-18-12-17-11-15(7-8-19(17)22-13-18)14-24-21(25)10-9-20(23-24)16-5-3-2-4-6-16;1-13-8-18(24-12-13)15-3-5-19(21)20(11-15)10-14-2-4-16-17(9-14)23-7-6-22-16/h2-13H,14H2,1H3;2-5,8-9,11-12H,6-7,10H2,1H3. The zero-order valence-electron chi connectivity index (χ0n) is 27.6. The zero-order valence-corrected chi connectivity index (χ0v) is 28.4. The molecule has 0 amide bonds. The van der Waals surface area contributed by atoms with Gasteiger partial charge < -0.3 is 18.8 Å². The van der Waals surface area contributed by atoms with Gasteiger partial charge in [-0.15, -0.1) is 11.3 Å². The van der Waals surface area contributed by atoms with E-state index in [1.165, 1.54) is 15.1 Å². The van der Waals surface area contributed by atoms with Crippen molar-refractivity contribution >= 4 is 22.2 Å². The first-order chi connectivity index (χ1) is 24.4. The number of aromatic nitrogens is 4. The first kappa shape index (κ1) is 32.5. The second-order valence-electron chi connectivity index (χ2n) is 11.8. The molecule has 0 fully saturated rings. The van der Waals surface area contributed by atoms with Crippen molar-refractivity contribution in [2.24, 2.45) is 0 Å². The Labute approximate surface area is 292 Å². The molecule has 3 aromatic carbocycles. The molecule has 4 aromatic heterocycles. The first-order valence-electron chi connectivity index (χ1n) is 16.1. The Balaban J connectivity index is 0.000000157. The number of hydrogen-bond acceptors (Lipinski definition) is 8. The SMILES string of the molecule is COc1cnc2ccc(Cn3nc(-c4ccccc4)ccc3=O)cc2c1.Cc1csc(-c2ccc(=O)n(Cc3ccc4c(c3)OCCO4)c2)c1. The Morgan fingerprint density at radius 2 is 1.56 bits per heavy atom. The largest absolute Gasteiger partial charge is 0.495 e. The van der Waals surface area contributed by atoms with Crippen LogP contribution in [0.4, 0.5) is 0 Å². The van der Waals surface area contributed by atoms with Gasteiger partial charge in [-0.1, -0.05) is 42.5 Å². The van der Waals surface area contributed by atoms with Gasteiger partial charge in [0.25, 0.3) is 11.1 Å². The van der Waals surface area contributed by atoms with E-state index in [1.807, 2.05) is 85.1 Å². The van der Waals surface area contributed by atoms with E-state index >= 15 is 0 Å². The summed E-state index contributed by atoms with van der Waals surface area (Å²) in [5.74, 6) is 2.22. The van der Waals surface area contributed by atoms with Crippen molar-refractivity contribution in [3.05, 3.63) is 158 Å². The molecule has 1 aliphatic heterocycles. The minimum absolute atomic E-state index is 0.0121. The Hall–Kier alpha value is -6.00. The van der Waals surface area contributed by atoms with Crippen LogP contribution in [0.2, 0.25) is 0 Å². The Morgan fingerprint density at radius 3 is 2.36 bits per heavy atom. The summed E-state index contributed by atoms with van der Waals surface area (Å²) >= 11 is 1.69.